The number of nitrogens with zero attached hydrogens (tertiary/aromatic N) is 2. The second kappa shape index (κ2) is 9.42. The Balaban J connectivity index is 1.55. The summed E-state index contributed by atoms with van der Waals surface area (Å²) in [5.41, 5.74) is -0.135. The molecule has 0 unspecified atom stereocenters. The van der Waals surface area contributed by atoms with Crippen molar-refractivity contribution in [1.29, 1.82) is 0 Å². The predicted octanol–water partition coefficient (Wildman–Crippen LogP) is 6.66. The smallest absolute Gasteiger partial charge is 0.380 e. The van der Waals surface area contributed by atoms with Crippen LogP contribution < -0.4 is 0 Å². The van der Waals surface area contributed by atoms with Gasteiger partial charge in [0.1, 0.15) is 23.0 Å². The maximum atomic E-state index is 15.1. The van der Waals surface area contributed by atoms with Gasteiger partial charge in [0.15, 0.2) is 5.82 Å². The van der Waals surface area contributed by atoms with E-state index in [1.807, 2.05) is 0 Å². The van der Waals surface area contributed by atoms with Crippen molar-refractivity contribution in [2.45, 2.75) is 25.6 Å². The first-order valence-electron chi connectivity index (χ1n) is 10.2. The molecule has 1 heterocycles. The molecule has 34 heavy (non-hydrogen) atoms. The fourth-order valence-electron chi connectivity index (χ4n) is 3.73. The minimum atomic E-state index is -5.13. The summed E-state index contributed by atoms with van der Waals surface area (Å²) < 4.78 is 85.9. The quantitative estimate of drug-likeness (QED) is 0.292. The van der Waals surface area contributed by atoms with Crippen LogP contribution in [0, 0.1) is 17.5 Å². The molecule has 0 bridgehead atoms. The van der Waals surface area contributed by atoms with Gasteiger partial charge in [-0.3, -0.25) is 0 Å². The van der Waals surface area contributed by atoms with Crippen LogP contribution in [-0.4, -0.2) is 17.1 Å². The lowest BCUT2D eigenvalue weighted by Gasteiger charge is -2.12. The minimum Gasteiger partial charge on any atom is -0.380 e. The first-order chi connectivity index (χ1) is 16.2. The summed E-state index contributed by atoms with van der Waals surface area (Å²) in [7, 11) is 1.57. The molecular weight excluding hydrogens is 458 g/mol. The lowest BCUT2D eigenvalue weighted by atomic mass is 9.98. The number of methoxy groups -OCH3 is 1. The molecule has 0 saturated heterocycles. The van der Waals surface area contributed by atoms with E-state index >= 15 is 4.39 Å². The van der Waals surface area contributed by atoms with E-state index in [0.29, 0.717) is 40.9 Å². The number of rotatable bonds is 6. The summed E-state index contributed by atoms with van der Waals surface area (Å²) in [6.07, 6.45) is -1.82. The zero-order valence-electron chi connectivity index (χ0n) is 17.9. The summed E-state index contributed by atoms with van der Waals surface area (Å²) in [6.45, 7) is 0.387. The Morgan fingerprint density at radius 3 is 2.12 bits per heavy atom. The molecular formula is C25H18F6N2O. The molecule has 0 N–H and O–H groups in total. The second-order valence-electron chi connectivity index (χ2n) is 7.75. The molecule has 1 aromatic heterocycles. The number of fused-ring (bicyclic) bond motifs is 1. The van der Waals surface area contributed by atoms with E-state index < -0.39 is 29.2 Å². The van der Waals surface area contributed by atoms with E-state index in [1.54, 1.807) is 49.8 Å². The van der Waals surface area contributed by atoms with Crippen LogP contribution in [0.15, 0.2) is 54.9 Å². The van der Waals surface area contributed by atoms with Gasteiger partial charge >= 0.3 is 6.18 Å². The maximum Gasteiger partial charge on any atom is 0.422 e. The third-order valence-corrected chi connectivity index (χ3v) is 5.38. The van der Waals surface area contributed by atoms with E-state index in [1.165, 1.54) is 0 Å². The fraction of sp³-hybridized carbons (Fsp3) is 0.200. The molecule has 176 valence electrons. The van der Waals surface area contributed by atoms with Crippen LogP contribution in [0.25, 0.3) is 22.2 Å². The molecule has 0 aliphatic carbocycles. The van der Waals surface area contributed by atoms with Crippen molar-refractivity contribution in [1.82, 2.24) is 9.97 Å². The number of aromatic nitrogens is 2. The monoisotopic (exact) mass is 476 g/mol. The van der Waals surface area contributed by atoms with Gasteiger partial charge in [-0.15, -0.1) is 0 Å². The normalized spacial score (nSPS) is 11.9. The van der Waals surface area contributed by atoms with Crippen LogP contribution in [0.1, 0.15) is 22.3 Å². The van der Waals surface area contributed by atoms with Gasteiger partial charge in [0.25, 0.3) is 0 Å². The number of hydrogen-bond acceptors (Lipinski definition) is 3. The van der Waals surface area contributed by atoms with Crippen molar-refractivity contribution in [3.05, 3.63) is 94.6 Å². The Bertz CT molecular complexity index is 1310. The number of aryl methyl sites for hydroxylation is 2. The molecule has 0 amide bonds. The Morgan fingerprint density at radius 1 is 0.824 bits per heavy atom. The molecule has 0 aliphatic rings. The number of halogens is 6. The Kier molecular flexibility index (Phi) is 6.56. The number of benzene rings is 3. The van der Waals surface area contributed by atoms with Crippen molar-refractivity contribution >= 4 is 10.8 Å². The molecule has 9 heteroatoms. The average Bonchev–Trinajstić information content (AvgIpc) is 2.78. The Labute approximate surface area is 191 Å². The molecule has 0 atom stereocenters. The second-order valence-corrected chi connectivity index (χ2v) is 7.75. The van der Waals surface area contributed by atoms with Crippen molar-refractivity contribution in [3.63, 3.8) is 0 Å². The van der Waals surface area contributed by atoms with Crippen molar-refractivity contribution in [2.24, 2.45) is 0 Å². The van der Waals surface area contributed by atoms with Gasteiger partial charge in [0, 0.05) is 36.0 Å². The van der Waals surface area contributed by atoms with Crippen molar-refractivity contribution in [3.8, 4) is 11.4 Å². The molecule has 4 aromatic rings. The average molecular weight is 476 g/mol. The minimum absolute atomic E-state index is 0.00640. The van der Waals surface area contributed by atoms with E-state index in [0.717, 1.165) is 5.56 Å². The van der Waals surface area contributed by atoms with Gasteiger partial charge < -0.3 is 4.74 Å². The molecule has 0 radical (unpaired) electrons. The van der Waals surface area contributed by atoms with Gasteiger partial charge in [0.05, 0.1) is 6.61 Å². The summed E-state index contributed by atoms with van der Waals surface area (Å²) in [4.78, 5) is 8.59. The van der Waals surface area contributed by atoms with Crippen LogP contribution in [0.5, 0.6) is 0 Å². The van der Waals surface area contributed by atoms with Crippen LogP contribution in [0.4, 0.5) is 26.3 Å². The first kappa shape index (κ1) is 23.7. The third-order valence-electron chi connectivity index (χ3n) is 5.38. The van der Waals surface area contributed by atoms with Crippen molar-refractivity contribution in [2.75, 3.05) is 7.11 Å². The molecule has 0 aliphatic heterocycles. The number of ether oxygens (including phenoxy) is 1. The Hall–Kier alpha value is -3.46. The van der Waals surface area contributed by atoms with Crippen molar-refractivity contribution < 1.29 is 31.1 Å². The van der Waals surface area contributed by atoms with Gasteiger partial charge in [0.2, 0.25) is 0 Å². The SMILES string of the molecule is COCc1cnc(-c2ccc3c(F)c(CCc4cc(F)c(C(F)(F)F)c(F)c4)ccc3c2)nc1. The standard InChI is InChI=1S/C25H18F6N2O/c1-34-13-15-11-32-24(33-12-15)18-6-7-19-17(10-18)5-4-16(23(19)28)3-2-14-8-20(26)22(21(27)9-14)25(29,30)31/h4-12H,2-3,13H2,1H3. The van der Waals surface area contributed by atoms with Gasteiger partial charge in [-0.2, -0.15) is 13.2 Å². The van der Waals surface area contributed by atoms with Gasteiger partial charge in [-0.05, 0) is 47.6 Å². The van der Waals surface area contributed by atoms with Gasteiger partial charge in [-0.1, -0.05) is 24.3 Å². The van der Waals surface area contributed by atoms with Crippen LogP contribution in [0.2, 0.25) is 0 Å². The Morgan fingerprint density at radius 2 is 1.50 bits per heavy atom. The lowest BCUT2D eigenvalue weighted by Crippen LogP contribution is -2.12. The summed E-state index contributed by atoms with van der Waals surface area (Å²) in [5, 5.41) is 0.942. The van der Waals surface area contributed by atoms with E-state index in [-0.39, 0.29) is 24.0 Å². The van der Waals surface area contributed by atoms with E-state index in [4.69, 9.17) is 4.74 Å². The highest BCUT2D eigenvalue weighted by molar-refractivity contribution is 5.87. The topological polar surface area (TPSA) is 35.0 Å². The maximum absolute atomic E-state index is 15.1. The predicted molar refractivity (Wildman–Crippen MR) is 114 cm³/mol. The lowest BCUT2D eigenvalue weighted by molar-refractivity contribution is -0.142. The highest BCUT2D eigenvalue weighted by Crippen LogP contribution is 2.34. The molecule has 3 nitrogen and oxygen atoms in total. The summed E-state index contributed by atoms with van der Waals surface area (Å²) in [5.74, 6) is -3.41. The van der Waals surface area contributed by atoms with Crippen LogP contribution in [0.3, 0.4) is 0 Å². The molecule has 0 saturated carbocycles. The molecule has 0 fully saturated rings. The molecule has 0 spiro atoms. The fourth-order valence-corrected chi connectivity index (χ4v) is 3.73. The molecule has 4 rings (SSSR count). The zero-order valence-corrected chi connectivity index (χ0v) is 17.9. The van der Waals surface area contributed by atoms with Crippen LogP contribution >= 0.6 is 0 Å². The van der Waals surface area contributed by atoms with E-state index in [2.05, 4.69) is 9.97 Å². The largest absolute Gasteiger partial charge is 0.422 e. The highest BCUT2D eigenvalue weighted by Gasteiger charge is 2.37. The number of alkyl halides is 3. The van der Waals surface area contributed by atoms with Gasteiger partial charge in [-0.25, -0.2) is 23.1 Å². The third kappa shape index (κ3) is 4.89. The first-order valence-corrected chi connectivity index (χ1v) is 10.2. The molecule has 3 aromatic carbocycles. The number of hydrogen-bond donors (Lipinski definition) is 0. The zero-order chi connectivity index (χ0) is 24.5. The summed E-state index contributed by atoms with van der Waals surface area (Å²) >= 11 is 0. The van der Waals surface area contributed by atoms with Crippen LogP contribution in [-0.2, 0) is 30.4 Å². The van der Waals surface area contributed by atoms with E-state index in [9.17, 15) is 22.0 Å². The highest BCUT2D eigenvalue weighted by atomic mass is 19.4. The summed E-state index contributed by atoms with van der Waals surface area (Å²) in [6, 6.07) is 9.53.